The standard InChI is InChI=1S/C14H21ClN2O3S/c1-3-4-10-17(2)14(18)8-9-16-21(19,20)13-7-5-6-12(15)11-13/h5-7,11,16H,3-4,8-10H2,1-2H3. The molecule has 0 saturated carbocycles. The van der Waals surface area contributed by atoms with Gasteiger partial charge < -0.3 is 4.90 Å². The Kier molecular flexibility index (Phi) is 7.14. The number of sulfonamides is 1. The van der Waals surface area contributed by atoms with Crippen LogP contribution in [0.2, 0.25) is 5.02 Å². The summed E-state index contributed by atoms with van der Waals surface area (Å²) in [5, 5.41) is 0.355. The van der Waals surface area contributed by atoms with E-state index in [1.165, 1.54) is 12.1 Å². The largest absolute Gasteiger partial charge is 0.346 e. The zero-order valence-electron chi connectivity index (χ0n) is 12.3. The molecule has 1 aromatic carbocycles. The molecule has 0 bridgehead atoms. The van der Waals surface area contributed by atoms with Crippen LogP contribution in [-0.2, 0) is 14.8 Å². The molecule has 0 unspecified atom stereocenters. The molecular formula is C14H21ClN2O3S. The number of nitrogens with zero attached hydrogens (tertiary/aromatic N) is 1. The predicted molar refractivity (Wildman–Crippen MR) is 83.8 cm³/mol. The number of nitrogens with one attached hydrogen (secondary N) is 1. The van der Waals surface area contributed by atoms with Crippen molar-refractivity contribution in [1.82, 2.24) is 9.62 Å². The second-order valence-corrected chi connectivity index (χ2v) is 6.98. The first-order valence-corrected chi connectivity index (χ1v) is 8.72. The van der Waals surface area contributed by atoms with Crippen molar-refractivity contribution in [3.05, 3.63) is 29.3 Å². The first kappa shape index (κ1) is 17.9. The lowest BCUT2D eigenvalue weighted by Crippen LogP contribution is -2.32. The van der Waals surface area contributed by atoms with Gasteiger partial charge in [0.05, 0.1) is 4.90 Å². The van der Waals surface area contributed by atoms with Gasteiger partial charge in [-0.3, -0.25) is 4.79 Å². The molecule has 0 aromatic heterocycles. The molecule has 21 heavy (non-hydrogen) atoms. The lowest BCUT2D eigenvalue weighted by molar-refractivity contribution is -0.129. The summed E-state index contributed by atoms with van der Waals surface area (Å²) < 4.78 is 26.4. The SMILES string of the molecule is CCCCN(C)C(=O)CCNS(=O)(=O)c1cccc(Cl)c1. The van der Waals surface area contributed by atoms with E-state index < -0.39 is 10.0 Å². The second kappa shape index (κ2) is 8.36. The lowest BCUT2D eigenvalue weighted by Gasteiger charge is -2.16. The van der Waals surface area contributed by atoms with Gasteiger partial charge in [0.1, 0.15) is 0 Å². The minimum absolute atomic E-state index is 0.0720. The van der Waals surface area contributed by atoms with Crippen LogP contribution in [-0.4, -0.2) is 39.4 Å². The van der Waals surface area contributed by atoms with Crippen LogP contribution in [0.25, 0.3) is 0 Å². The van der Waals surface area contributed by atoms with Gasteiger partial charge in [-0.15, -0.1) is 0 Å². The summed E-state index contributed by atoms with van der Waals surface area (Å²) in [7, 11) is -1.90. The molecule has 0 heterocycles. The molecule has 0 saturated heterocycles. The van der Waals surface area contributed by atoms with E-state index >= 15 is 0 Å². The van der Waals surface area contributed by atoms with Crippen LogP contribution >= 0.6 is 11.6 Å². The Morgan fingerprint density at radius 3 is 2.71 bits per heavy atom. The van der Waals surface area contributed by atoms with Gasteiger partial charge in [-0.05, 0) is 24.6 Å². The molecule has 0 aliphatic rings. The maximum atomic E-state index is 12.0. The average molecular weight is 333 g/mol. The van der Waals surface area contributed by atoms with Crippen molar-refractivity contribution in [2.24, 2.45) is 0 Å². The van der Waals surface area contributed by atoms with Crippen molar-refractivity contribution in [1.29, 1.82) is 0 Å². The maximum Gasteiger partial charge on any atom is 0.240 e. The fourth-order valence-electron chi connectivity index (χ4n) is 1.72. The number of carbonyl (C=O) groups excluding carboxylic acids is 1. The van der Waals surface area contributed by atoms with E-state index in [0.717, 1.165) is 12.8 Å². The van der Waals surface area contributed by atoms with Crippen molar-refractivity contribution in [3.63, 3.8) is 0 Å². The molecule has 5 nitrogen and oxygen atoms in total. The topological polar surface area (TPSA) is 66.5 Å². The van der Waals surface area contributed by atoms with Crippen molar-refractivity contribution in [2.75, 3.05) is 20.1 Å². The number of unbranched alkanes of at least 4 members (excludes halogenated alkanes) is 1. The van der Waals surface area contributed by atoms with Gasteiger partial charge in [-0.25, -0.2) is 13.1 Å². The van der Waals surface area contributed by atoms with E-state index in [2.05, 4.69) is 11.6 Å². The number of hydrogen-bond donors (Lipinski definition) is 1. The van der Waals surface area contributed by atoms with Gasteiger partial charge in [0, 0.05) is 31.6 Å². The molecule has 0 atom stereocenters. The highest BCUT2D eigenvalue weighted by atomic mass is 35.5. The minimum atomic E-state index is -3.63. The first-order chi connectivity index (χ1) is 9.86. The van der Waals surface area contributed by atoms with Gasteiger partial charge in [-0.2, -0.15) is 0 Å². The van der Waals surface area contributed by atoms with E-state index in [4.69, 9.17) is 11.6 Å². The van der Waals surface area contributed by atoms with E-state index in [9.17, 15) is 13.2 Å². The molecule has 0 fully saturated rings. The van der Waals surface area contributed by atoms with E-state index in [1.54, 1.807) is 24.1 Å². The monoisotopic (exact) mass is 332 g/mol. The number of benzene rings is 1. The zero-order chi connectivity index (χ0) is 15.9. The Hall–Kier alpha value is -1.11. The number of halogens is 1. The molecular weight excluding hydrogens is 312 g/mol. The maximum absolute atomic E-state index is 12.0. The third kappa shape index (κ3) is 6.03. The summed E-state index contributed by atoms with van der Waals surface area (Å²) in [4.78, 5) is 13.5. The quantitative estimate of drug-likeness (QED) is 0.794. The lowest BCUT2D eigenvalue weighted by atomic mass is 10.3. The van der Waals surface area contributed by atoms with Crippen molar-refractivity contribution < 1.29 is 13.2 Å². The first-order valence-electron chi connectivity index (χ1n) is 6.86. The number of hydrogen-bond acceptors (Lipinski definition) is 3. The van der Waals surface area contributed by atoms with E-state index in [0.29, 0.717) is 11.6 Å². The fourth-order valence-corrected chi connectivity index (χ4v) is 3.05. The molecule has 118 valence electrons. The van der Waals surface area contributed by atoms with Gasteiger partial charge >= 0.3 is 0 Å². The summed E-state index contributed by atoms with van der Waals surface area (Å²) in [6, 6.07) is 6.01. The smallest absolute Gasteiger partial charge is 0.240 e. The van der Waals surface area contributed by atoms with Gasteiger partial charge in [-0.1, -0.05) is 31.0 Å². The number of rotatable bonds is 8. The minimum Gasteiger partial charge on any atom is -0.346 e. The molecule has 0 spiro atoms. The molecule has 0 aliphatic heterocycles. The van der Waals surface area contributed by atoms with E-state index in [-0.39, 0.29) is 23.8 Å². The van der Waals surface area contributed by atoms with Gasteiger partial charge in [0.25, 0.3) is 0 Å². The fraction of sp³-hybridized carbons (Fsp3) is 0.500. The van der Waals surface area contributed by atoms with Crippen LogP contribution in [0.5, 0.6) is 0 Å². The van der Waals surface area contributed by atoms with Crippen LogP contribution in [0.3, 0.4) is 0 Å². The number of amides is 1. The van der Waals surface area contributed by atoms with Crippen LogP contribution in [0.15, 0.2) is 29.2 Å². The summed E-state index contributed by atoms with van der Waals surface area (Å²) in [6.07, 6.45) is 2.09. The molecule has 1 N–H and O–H groups in total. The Bertz CT molecular complexity index is 575. The Morgan fingerprint density at radius 2 is 2.10 bits per heavy atom. The molecule has 1 rings (SSSR count). The summed E-state index contributed by atoms with van der Waals surface area (Å²) in [6.45, 7) is 2.82. The molecule has 1 amide bonds. The van der Waals surface area contributed by atoms with Crippen LogP contribution in [0, 0.1) is 0 Å². The Morgan fingerprint density at radius 1 is 1.38 bits per heavy atom. The third-order valence-electron chi connectivity index (χ3n) is 3.01. The van der Waals surface area contributed by atoms with Crippen molar-refractivity contribution in [3.8, 4) is 0 Å². The van der Waals surface area contributed by atoms with Gasteiger partial charge in [0.2, 0.25) is 15.9 Å². The Balaban J connectivity index is 2.49. The summed E-state index contributed by atoms with van der Waals surface area (Å²) in [5.41, 5.74) is 0. The van der Waals surface area contributed by atoms with Crippen molar-refractivity contribution in [2.45, 2.75) is 31.1 Å². The Labute approximate surface area is 131 Å². The normalized spacial score (nSPS) is 11.4. The molecule has 0 aliphatic carbocycles. The zero-order valence-corrected chi connectivity index (χ0v) is 13.9. The second-order valence-electron chi connectivity index (χ2n) is 4.77. The van der Waals surface area contributed by atoms with Crippen LogP contribution in [0.4, 0.5) is 0 Å². The van der Waals surface area contributed by atoms with Crippen LogP contribution < -0.4 is 4.72 Å². The van der Waals surface area contributed by atoms with E-state index in [1.807, 2.05) is 0 Å². The molecule has 0 radical (unpaired) electrons. The molecule has 7 heteroatoms. The van der Waals surface area contributed by atoms with Gasteiger partial charge in [0.15, 0.2) is 0 Å². The summed E-state index contributed by atoms with van der Waals surface area (Å²) >= 11 is 5.77. The molecule has 1 aromatic rings. The highest BCUT2D eigenvalue weighted by Gasteiger charge is 2.15. The summed E-state index contributed by atoms with van der Waals surface area (Å²) in [5.74, 6) is -0.0720. The van der Waals surface area contributed by atoms with Crippen LogP contribution in [0.1, 0.15) is 26.2 Å². The predicted octanol–water partition coefficient (Wildman–Crippen LogP) is 2.27. The highest BCUT2D eigenvalue weighted by molar-refractivity contribution is 7.89. The number of carbonyl (C=O) groups is 1. The average Bonchev–Trinajstić information content (AvgIpc) is 2.44. The van der Waals surface area contributed by atoms with Crippen molar-refractivity contribution >= 4 is 27.5 Å². The third-order valence-corrected chi connectivity index (χ3v) is 4.70. The highest BCUT2D eigenvalue weighted by Crippen LogP contribution is 2.15.